The highest BCUT2D eigenvalue weighted by Crippen LogP contribution is 2.37. The Balaban J connectivity index is 1.48. The van der Waals surface area contributed by atoms with Gasteiger partial charge in [-0.05, 0) is 66.6 Å². The molecule has 0 aliphatic heterocycles. The number of hydrogen-bond acceptors (Lipinski definition) is 3. The summed E-state index contributed by atoms with van der Waals surface area (Å²) in [7, 11) is 0. The third kappa shape index (κ3) is 4.62. The molecule has 0 saturated heterocycles. The topological polar surface area (TPSA) is 37.3 Å². The third-order valence-electron chi connectivity index (χ3n) is 5.26. The van der Waals surface area contributed by atoms with Crippen molar-refractivity contribution in [3.05, 3.63) is 70.4 Å². The minimum absolute atomic E-state index is 0.273. The minimum Gasteiger partial charge on any atom is -0.481 e. The summed E-state index contributed by atoms with van der Waals surface area (Å²) in [6.07, 6.45) is 5.27. The summed E-state index contributed by atoms with van der Waals surface area (Å²) >= 11 is 3.79. The maximum atomic E-state index is 10.8. The van der Waals surface area contributed by atoms with E-state index in [1.165, 1.54) is 29.9 Å². The summed E-state index contributed by atoms with van der Waals surface area (Å²) in [5, 5.41) is 11.6. The highest BCUT2D eigenvalue weighted by molar-refractivity contribution is 7.19. The van der Waals surface area contributed by atoms with Gasteiger partial charge < -0.3 is 5.11 Å². The average Bonchev–Trinajstić information content (AvgIpc) is 3.30. The van der Waals surface area contributed by atoms with Crippen LogP contribution in [0.4, 0.5) is 0 Å². The maximum absolute atomic E-state index is 10.8. The monoisotopic (exact) mass is 408 g/mol. The van der Waals surface area contributed by atoms with Gasteiger partial charge in [-0.1, -0.05) is 42.8 Å². The van der Waals surface area contributed by atoms with Crippen LogP contribution in [0.5, 0.6) is 0 Å². The molecule has 2 heterocycles. The van der Waals surface area contributed by atoms with Crippen LogP contribution < -0.4 is 0 Å². The number of carboxylic acids is 1. The number of fused-ring (bicyclic) bond motifs is 2. The lowest BCUT2D eigenvalue weighted by Gasteiger charge is -2.14. The van der Waals surface area contributed by atoms with Gasteiger partial charge in [-0.2, -0.15) is 0 Å². The number of benzene rings is 2. The zero-order valence-corrected chi connectivity index (χ0v) is 17.4. The van der Waals surface area contributed by atoms with Crippen molar-refractivity contribution in [2.45, 2.75) is 44.4 Å². The van der Waals surface area contributed by atoms with E-state index in [0.717, 1.165) is 32.1 Å². The molecule has 4 aromatic rings. The quantitative estimate of drug-likeness (QED) is 0.291. The van der Waals surface area contributed by atoms with Gasteiger partial charge in [0.15, 0.2) is 0 Å². The van der Waals surface area contributed by atoms with Crippen LogP contribution in [0.2, 0.25) is 0 Å². The molecular weight excluding hydrogens is 384 g/mol. The summed E-state index contributed by atoms with van der Waals surface area (Å²) in [5.41, 5.74) is 0. The van der Waals surface area contributed by atoms with E-state index in [9.17, 15) is 4.79 Å². The lowest BCUT2D eigenvalue weighted by atomic mass is 9.94. The van der Waals surface area contributed by atoms with E-state index in [1.807, 2.05) is 22.7 Å². The van der Waals surface area contributed by atoms with Gasteiger partial charge in [0.1, 0.15) is 0 Å². The summed E-state index contributed by atoms with van der Waals surface area (Å²) in [6.45, 7) is 0. The minimum atomic E-state index is -0.691. The fourth-order valence-electron chi connectivity index (χ4n) is 3.78. The smallest absolute Gasteiger partial charge is 0.303 e. The molecule has 0 radical (unpaired) electrons. The van der Waals surface area contributed by atoms with Crippen LogP contribution in [0.15, 0.2) is 60.7 Å². The molecule has 4 rings (SSSR count). The van der Waals surface area contributed by atoms with Crippen molar-refractivity contribution in [1.82, 2.24) is 0 Å². The predicted molar refractivity (Wildman–Crippen MR) is 121 cm³/mol. The van der Waals surface area contributed by atoms with Gasteiger partial charge in [0, 0.05) is 25.6 Å². The Hall–Kier alpha value is -2.17. The first-order valence-electron chi connectivity index (χ1n) is 9.87. The van der Waals surface area contributed by atoms with Crippen molar-refractivity contribution < 1.29 is 9.90 Å². The first-order chi connectivity index (χ1) is 13.7. The van der Waals surface area contributed by atoms with Gasteiger partial charge in [0.25, 0.3) is 0 Å². The van der Waals surface area contributed by atoms with Gasteiger partial charge in [0.2, 0.25) is 0 Å². The van der Waals surface area contributed by atoms with E-state index in [-0.39, 0.29) is 6.42 Å². The van der Waals surface area contributed by atoms with Crippen molar-refractivity contribution in [2.24, 2.45) is 0 Å². The summed E-state index contributed by atoms with van der Waals surface area (Å²) < 4.78 is 2.70. The number of aliphatic carboxylic acids is 1. The van der Waals surface area contributed by atoms with Crippen LogP contribution in [0.25, 0.3) is 20.2 Å². The van der Waals surface area contributed by atoms with E-state index in [2.05, 4.69) is 60.7 Å². The molecular formula is C24H24O2S2. The number of carbonyl (C=O) groups is 1. The van der Waals surface area contributed by atoms with E-state index in [4.69, 9.17) is 5.11 Å². The molecule has 0 bridgehead atoms. The highest BCUT2D eigenvalue weighted by atomic mass is 32.1. The predicted octanol–water partition coefficient (Wildman–Crippen LogP) is 7.48. The van der Waals surface area contributed by atoms with Crippen LogP contribution >= 0.6 is 22.7 Å². The Morgan fingerprint density at radius 1 is 0.857 bits per heavy atom. The number of hydrogen-bond donors (Lipinski definition) is 1. The van der Waals surface area contributed by atoms with Gasteiger partial charge in [-0.15, -0.1) is 22.7 Å². The molecule has 2 aromatic heterocycles. The zero-order chi connectivity index (χ0) is 19.3. The van der Waals surface area contributed by atoms with Crippen molar-refractivity contribution in [3.63, 3.8) is 0 Å². The molecule has 0 saturated carbocycles. The normalized spacial score (nSPS) is 12.6. The first kappa shape index (κ1) is 19.2. The van der Waals surface area contributed by atoms with E-state index < -0.39 is 5.97 Å². The molecule has 0 aliphatic carbocycles. The third-order valence-corrected chi connectivity index (χ3v) is 7.71. The number of thiophene rings is 2. The van der Waals surface area contributed by atoms with Crippen LogP contribution in [0.1, 0.15) is 47.8 Å². The van der Waals surface area contributed by atoms with E-state index in [0.29, 0.717) is 5.92 Å². The Morgan fingerprint density at radius 3 is 2.21 bits per heavy atom. The molecule has 28 heavy (non-hydrogen) atoms. The van der Waals surface area contributed by atoms with Crippen LogP contribution in [0.3, 0.4) is 0 Å². The Kier molecular flexibility index (Phi) is 6.08. The molecule has 0 aliphatic rings. The summed E-state index contributed by atoms with van der Waals surface area (Å²) in [5.74, 6) is -0.194. The Labute approximate surface area is 173 Å². The fraction of sp³-hybridized carbons (Fsp3) is 0.292. The van der Waals surface area contributed by atoms with E-state index >= 15 is 0 Å². The number of unbranched alkanes of at least 4 members (excludes halogenated alkanes) is 1. The Bertz CT molecular complexity index is 1010. The van der Waals surface area contributed by atoms with Gasteiger partial charge in [0.05, 0.1) is 0 Å². The molecule has 4 heteroatoms. The van der Waals surface area contributed by atoms with Crippen LogP contribution in [-0.2, 0) is 11.2 Å². The van der Waals surface area contributed by atoms with Crippen molar-refractivity contribution in [1.29, 1.82) is 0 Å². The maximum Gasteiger partial charge on any atom is 0.303 e. The standard InChI is InChI=1S/C24H24O2S2/c25-24(26)12-6-3-7-17(23-16-19-9-2-5-11-22(19)28-23)13-14-20-15-18-8-1-4-10-21(18)27-20/h1-2,4-5,8-11,15-17H,3,6-7,12-14H2,(H,25,26). The fourth-order valence-corrected chi connectivity index (χ4v) is 6.09. The molecule has 2 nitrogen and oxygen atoms in total. The molecule has 1 unspecified atom stereocenters. The second-order valence-corrected chi connectivity index (χ2v) is 9.60. The van der Waals surface area contributed by atoms with Gasteiger partial charge >= 0.3 is 5.97 Å². The molecule has 1 atom stereocenters. The number of rotatable bonds is 9. The molecule has 0 fully saturated rings. The van der Waals surface area contributed by atoms with Crippen molar-refractivity contribution in [2.75, 3.05) is 0 Å². The van der Waals surface area contributed by atoms with Crippen LogP contribution in [-0.4, -0.2) is 11.1 Å². The van der Waals surface area contributed by atoms with Gasteiger partial charge in [-0.3, -0.25) is 4.79 Å². The van der Waals surface area contributed by atoms with Crippen LogP contribution in [0, 0.1) is 0 Å². The number of carboxylic acid groups (broad SMARTS) is 1. The molecule has 0 spiro atoms. The Morgan fingerprint density at radius 2 is 1.54 bits per heavy atom. The van der Waals surface area contributed by atoms with Gasteiger partial charge in [-0.25, -0.2) is 0 Å². The second-order valence-electron chi connectivity index (χ2n) is 7.31. The number of aryl methyl sites for hydroxylation is 1. The van der Waals surface area contributed by atoms with E-state index in [1.54, 1.807) is 0 Å². The highest BCUT2D eigenvalue weighted by Gasteiger charge is 2.16. The second kappa shape index (κ2) is 8.89. The first-order valence-corrected chi connectivity index (χ1v) is 11.5. The molecule has 0 amide bonds. The zero-order valence-electron chi connectivity index (χ0n) is 15.8. The van der Waals surface area contributed by atoms with Crippen molar-refractivity contribution in [3.8, 4) is 0 Å². The average molecular weight is 409 g/mol. The lowest BCUT2D eigenvalue weighted by Crippen LogP contribution is -2.00. The summed E-state index contributed by atoms with van der Waals surface area (Å²) in [6, 6.07) is 21.8. The SMILES string of the molecule is O=C(O)CCCCC(CCc1cc2ccccc2s1)c1cc2ccccc2s1. The molecule has 1 N–H and O–H groups in total. The molecule has 2 aromatic carbocycles. The lowest BCUT2D eigenvalue weighted by molar-refractivity contribution is -0.137. The largest absolute Gasteiger partial charge is 0.481 e. The molecule has 144 valence electrons. The van der Waals surface area contributed by atoms with Crippen molar-refractivity contribution >= 4 is 48.8 Å². The summed E-state index contributed by atoms with van der Waals surface area (Å²) in [4.78, 5) is 13.7.